The summed E-state index contributed by atoms with van der Waals surface area (Å²) in [7, 11) is 0. The van der Waals surface area contributed by atoms with Crippen LogP contribution in [0.5, 0.6) is 0 Å². The maximum atomic E-state index is 11.3. The van der Waals surface area contributed by atoms with Gasteiger partial charge in [-0.05, 0) is 13.8 Å². The van der Waals surface area contributed by atoms with E-state index in [4.69, 9.17) is 5.11 Å². The molecule has 0 bridgehead atoms. The van der Waals surface area contributed by atoms with Crippen LogP contribution in [-0.4, -0.2) is 28.5 Å². The van der Waals surface area contributed by atoms with Gasteiger partial charge in [0.15, 0.2) is 5.01 Å². The Hall–Kier alpha value is -1.43. The van der Waals surface area contributed by atoms with Crippen molar-refractivity contribution in [2.45, 2.75) is 13.8 Å². The molecule has 1 aromatic heterocycles. The summed E-state index contributed by atoms with van der Waals surface area (Å²) < 4.78 is 0. The molecule has 0 aliphatic heterocycles. The molecule has 0 saturated heterocycles. The number of rotatable bonds is 3. The molecule has 1 rings (SSSR count). The number of carboxylic acid groups (broad SMARTS) is 1. The van der Waals surface area contributed by atoms with Crippen molar-refractivity contribution in [3.8, 4) is 0 Å². The van der Waals surface area contributed by atoms with Gasteiger partial charge in [-0.15, -0.1) is 11.3 Å². The van der Waals surface area contributed by atoms with Crippen molar-refractivity contribution in [2.24, 2.45) is 0 Å². The summed E-state index contributed by atoms with van der Waals surface area (Å²) in [5.41, 5.74) is 0.378. The minimum absolute atomic E-state index is 0.117. The number of nitrogens with one attached hydrogen (secondary N) is 1. The van der Waals surface area contributed by atoms with Crippen LogP contribution >= 0.6 is 11.3 Å². The molecule has 0 aliphatic carbocycles. The third kappa shape index (κ3) is 2.08. The summed E-state index contributed by atoms with van der Waals surface area (Å²) in [6.45, 7) is 3.86. The summed E-state index contributed by atoms with van der Waals surface area (Å²) in [4.78, 5) is 25.9. The van der Waals surface area contributed by atoms with Crippen molar-refractivity contribution in [3.05, 3.63) is 15.6 Å². The van der Waals surface area contributed by atoms with Gasteiger partial charge in [0.2, 0.25) is 0 Å². The number of hydrogen-bond donors (Lipinski definition) is 2. The van der Waals surface area contributed by atoms with Crippen molar-refractivity contribution >= 4 is 23.2 Å². The van der Waals surface area contributed by atoms with Crippen molar-refractivity contribution in [1.29, 1.82) is 0 Å². The average Bonchev–Trinajstić information content (AvgIpc) is 2.48. The summed E-state index contributed by atoms with van der Waals surface area (Å²) in [6.07, 6.45) is 0. The number of thiazole rings is 1. The van der Waals surface area contributed by atoms with E-state index < -0.39 is 5.97 Å². The number of aryl methyl sites for hydroxylation is 1. The molecule has 14 heavy (non-hydrogen) atoms. The molecule has 2 N–H and O–H groups in total. The smallest absolute Gasteiger partial charge is 0.347 e. The van der Waals surface area contributed by atoms with Crippen LogP contribution < -0.4 is 5.32 Å². The van der Waals surface area contributed by atoms with Crippen molar-refractivity contribution in [1.82, 2.24) is 10.3 Å². The van der Waals surface area contributed by atoms with E-state index in [0.717, 1.165) is 11.3 Å². The second-order valence-electron chi connectivity index (χ2n) is 2.60. The molecule has 0 fully saturated rings. The van der Waals surface area contributed by atoms with E-state index in [-0.39, 0.29) is 15.8 Å². The van der Waals surface area contributed by atoms with Crippen LogP contribution in [0.4, 0.5) is 0 Å². The second-order valence-corrected chi connectivity index (χ2v) is 3.60. The van der Waals surface area contributed by atoms with Crippen LogP contribution in [0.3, 0.4) is 0 Å². The minimum atomic E-state index is -1.05. The van der Waals surface area contributed by atoms with Crippen LogP contribution in [0.15, 0.2) is 0 Å². The minimum Gasteiger partial charge on any atom is -0.477 e. The first-order valence-electron chi connectivity index (χ1n) is 4.05. The van der Waals surface area contributed by atoms with Crippen LogP contribution in [0, 0.1) is 6.92 Å². The zero-order valence-electron chi connectivity index (χ0n) is 7.83. The molecule has 0 aromatic carbocycles. The molecule has 0 saturated carbocycles. The van der Waals surface area contributed by atoms with E-state index in [9.17, 15) is 9.59 Å². The van der Waals surface area contributed by atoms with E-state index in [1.165, 1.54) is 0 Å². The number of hydrogen-bond acceptors (Lipinski definition) is 4. The predicted molar refractivity (Wildman–Crippen MR) is 51.8 cm³/mol. The quantitative estimate of drug-likeness (QED) is 0.783. The van der Waals surface area contributed by atoms with Crippen molar-refractivity contribution < 1.29 is 14.7 Å². The summed E-state index contributed by atoms with van der Waals surface area (Å²) >= 11 is 0.893. The molecule has 0 aliphatic rings. The highest BCUT2D eigenvalue weighted by atomic mass is 32.1. The highest BCUT2D eigenvalue weighted by molar-refractivity contribution is 7.15. The van der Waals surface area contributed by atoms with Gasteiger partial charge in [0.1, 0.15) is 4.88 Å². The predicted octanol–water partition coefficient (Wildman–Crippen LogP) is 0.899. The number of carbonyl (C=O) groups is 2. The number of amides is 1. The summed E-state index contributed by atoms with van der Waals surface area (Å²) in [5, 5.41) is 11.5. The lowest BCUT2D eigenvalue weighted by atomic mass is 10.4. The Labute approximate surface area is 84.8 Å². The van der Waals surface area contributed by atoms with E-state index in [2.05, 4.69) is 10.3 Å². The van der Waals surface area contributed by atoms with Gasteiger partial charge in [0, 0.05) is 6.54 Å². The first-order chi connectivity index (χ1) is 6.56. The Bertz CT molecular complexity index is 373. The molecule has 0 unspecified atom stereocenters. The molecule has 6 heteroatoms. The van der Waals surface area contributed by atoms with E-state index in [1.807, 2.05) is 0 Å². The van der Waals surface area contributed by atoms with Crippen LogP contribution in [0.2, 0.25) is 0 Å². The first-order valence-corrected chi connectivity index (χ1v) is 4.86. The molecule has 1 aromatic rings. The maximum absolute atomic E-state index is 11.3. The van der Waals surface area contributed by atoms with Crippen LogP contribution in [0.1, 0.15) is 32.1 Å². The van der Waals surface area contributed by atoms with Crippen LogP contribution in [0.25, 0.3) is 0 Å². The molecule has 1 amide bonds. The fourth-order valence-corrected chi connectivity index (χ4v) is 1.75. The Morgan fingerprint density at radius 2 is 2.21 bits per heavy atom. The molecule has 0 spiro atoms. The molecule has 76 valence electrons. The molecular formula is C8H10N2O3S. The Morgan fingerprint density at radius 1 is 1.57 bits per heavy atom. The maximum Gasteiger partial charge on any atom is 0.347 e. The third-order valence-corrected chi connectivity index (χ3v) is 2.67. The van der Waals surface area contributed by atoms with Crippen LogP contribution in [-0.2, 0) is 0 Å². The number of aromatic carboxylic acids is 1. The monoisotopic (exact) mass is 214 g/mol. The Kier molecular flexibility index (Phi) is 3.19. The highest BCUT2D eigenvalue weighted by Gasteiger charge is 2.17. The molecule has 0 radical (unpaired) electrons. The number of nitrogens with zero attached hydrogens (tertiary/aromatic N) is 1. The lowest BCUT2D eigenvalue weighted by molar-refractivity contribution is 0.0701. The fourth-order valence-electron chi connectivity index (χ4n) is 0.928. The molecule has 5 nitrogen and oxygen atoms in total. The van der Waals surface area contributed by atoms with Gasteiger partial charge < -0.3 is 10.4 Å². The van der Waals surface area contributed by atoms with Gasteiger partial charge in [-0.2, -0.15) is 0 Å². The number of carboxylic acids is 1. The average molecular weight is 214 g/mol. The number of carbonyl (C=O) groups excluding carboxylic acids is 1. The first kappa shape index (κ1) is 10.6. The summed E-state index contributed by atoms with van der Waals surface area (Å²) in [5.74, 6) is -1.37. The molecule has 1 heterocycles. The third-order valence-electron chi connectivity index (χ3n) is 1.52. The molecule has 0 atom stereocenters. The standard InChI is InChI=1S/C8H10N2O3S/c1-3-9-6(11)7-10-4(2)5(14-7)8(12)13/h3H2,1-2H3,(H,9,11)(H,12,13). The van der Waals surface area contributed by atoms with E-state index in [1.54, 1.807) is 13.8 Å². The van der Waals surface area contributed by atoms with Crippen molar-refractivity contribution in [2.75, 3.05) is 6.54 Å². The number of aromatic nitrogens is 1. The SMILES string of the molecule is CCNC(=O)c1nc(C)c(C(=O)O)s1. The van der Waals surface area contributed by atoms with Gasteiger partial charge in [0.05, 0.1) is 5.69 Å². The van der Waals surface area contributed by atoms with Crippen molar-refractivity contribution in [3.63, 3.8) is 0 Å². The Morgan fingerprint density at radius 3 is 2.64 bits per heavy atom. The van der Waals surface area contributed by atoms with Gasteiger partial charge in [-0.3, -0.25) is 4.79 Å². The second kappa shape index (κ2) is 4.19. The lowest BCUT2D eigenvalue weighted by Crippen LogP contribution is -2.22. The van der Waals surface area contributed by atoms with E-state index in [0.29, 0.717) is 12.2 Å². The normalized spacial score (nSPS) is 9.86. The largest absolute Gasteiger partial charge is 0.477 e. The molecular weight excluding hydrogens is 204 g/mol. The summed E-state index contributed by atoms with van der Waals surface area (Å²) in [6, 6.07) is 0. The highest BCUT2D eigenvalue weighted by Crippen LogP contribution is 2.17. The van der Waals surface area contributed by atoms with Gasteiger partial charge in [-0.1, -0.05) is 0 Å². The zero-order chi connectivity index (χ0) is 10.7. The van der Waals surface area contributed by atoms with Gasteiger partial charge in [0.25, 0.3) is 5.91 Å². The zero-order valence-corrected chi connectivity index (χ0v) is 8.64. The lowest BCUT2D eigenvalue weighted by Gasteiger charge is -1.95. The van der Waals surface area contributed by atoms with E-state index >= 15 is 0 Å². The van der Waals surface area contributed by atoms with Gasteiger partial charge >= 0.3 is 5.97 Å². The Balaban J connectivity index is 2.96. The topological polar surface area (TPSA) is 79.3 Å². The van der Waals surface area contributed by atoms with Gasteiger partial charge in [-0.25, -0.2) is 9.78 Å². The fraction of sp³-hybridized carbons (Fsp3) is 0.375.